The number of anilines is 1. The molecule has 0 saturated carbocycles. The summed E-state index contributed by atoms with van der Waals surface area (Å²) in [6.07, 6.45) is 4.68. The molecule has 6 heteroatoms. The van der Waals surface area contributed by atoms with Crippen LogP contribution in [0.15, 0.2) is 24.3 Å². The first kappa shape index (κ1) is 19.8. The standard InChI is InChI=1S/C21H32N4O2/c1-16-6-4-10-24(16)14-20(26)22-13-18-8-3-9-19(12-18)23-21(27)15-25-11-5-7-17(25)2/h3,8-9,12,16-17H,4-7,10-11,13-15H2,1-2H3,(H,22,26)(H,23,27). The molecule has 2 atom stereocenters. The minimum absolute atomic E-state index is 0.0213. The Labute approximate surface area is 162 Å². The molecule has 6 nitrogen and oxygen atoms in total. The number of carbonyl (C=O) groups excluding carboxylic acids is 2. The van der Waals surface area contributed by atoms with Gasteiger partial charge in [-0.05, 0) is 70.3 Å². The Morgan fingerprint density at radius 2 is 1.63 bits per heavy atom. The third kappa shape index (κ3) is 5.78. The SMILES string of the molecule is CC1CCCN1CC(=O)NCc1cccc(NC(=O)CN2CCCC2C)c1. The van der Waals surface area contributed by atoms with Crippen molar-refractivity contribution in [1.82, 2.24) is 15.1 Å². The largest absolute Gasteiger partial charge is 0.351 e. The molecule has 3 rings (SSSR count). The predicted molar refractivity (Wildman–Crippen MR) is 107 cm³/mol. The van der Waals surface area contributed by atoms with Gasteiger partial charge in [-0.25, -0.2) is 0 Å². The fourth-order valence-corrected chi connectivity index (χ4v) is 4.04. The Bertz CT molecular complexity index is 663. The highest BCUT2D eigenvalue weighted by Crippen LogP contribution is 2.17. The summed E-state index contributed by atoms with van der Waals surface area (Å²) in [5.74, 6) is 0.0779. The summed E-state index contributed by atoms with van der Waals surface area (Å²) < 4.78 is 0. The smallest absolute Gasteiger partial charge is 0.238 e. The maximum absolute atomic E-state index is 12.3. The van der Waals surface area contributed by atoms with E-state index >= 15 is 0 Å². The van der Waals surface area contributed by atoms with Crippen molar-refractivity contribution < 1.29 is 9.59 Å². The summed E-state index contributed by atoms with van der Waals surface area (Å²) in [5.41, 5.74) is 1.77. The highest BCUT2D eigenvalue weighted by molar-refractivity contribution is 5.92. The average Bonchev–Trinajstić information content (AvgIpc) is 3.22. The van der Waals surface area contributed by atoms with Crippen LogP contribution in [-0.4, -0.2) is 59.9 Å². The molecule has 0 radical (unpaired) electrons. The molecular weight excluding hydrogens is 340 g/mol. The number of benzene rings is 1. The fraction of sp³-hybridized carbons (Fsp3) is 0.619. The van der Waals surface area contributed by atoms with Gasteiger partial charge in [0.05, 0.1) is 13.1 Å². The molecule has 2 fully saturated rings. The van der Waals surface area contributed by atoms with Crippen molar-refractivity contribution in [3.8, 4) is 0 Å². The van der Waals surface area contributed by atoms with Crippen LogP contribution in [0.25, 0.3) is 0 Å². The molecule has 1 aromatic carbocycles. The van der Waals surface area contributed by atoms with Crippen LogP contribution in [-0.2, 0) is 16.1 Å². The number of hydrogen-bond donors (Lipinski definition) is 2. The third-order valence-corrected chi connectivity index (χ3v) is 5.77. The zero-order chi connectivity index (χ0) is 19.2. The number of carbonyl (C=O) groups is 2. The van der Waals surface area contributed by atoms with Gasteiger partial charge in [0, 0.05) is 24.3 Å². The van der Waals surface area contributed by atoms with Gasteiger partial charge < -0.3 is 10.6 Å². The molecule has 0 bridgehead atoms. The Balaban J connectivity index is 1.45. The second kappa shape index (κ2) is 9.33. The van der Waals surface area contributed by atoms with Gasteiger partial charge in [0.25, 0.3) is 0 Å². The lowest BCUT2D eigenvalue weighted by Gasteiger charge is -2.20. The number of amides is 2. The van der Waals surface area contributed by atoms with E-state index in [1.54, 1.807) is 0 Å². The van der Waals surface area contributed by atoms with Crippen LogP contribution in [0.3, 0.4) is 0 Å². The Hall–Kier alpha value is -1.92. The van der Waals surface area contributed by atoms with Crippen LogP contribution in [0.4, 0.5) is 5.69 Å². The first-order valence-corrected chi connectivity index (χ1v) is 10.1. The van der Waals surface area contributed by atoms with Gasteiger partial charge in [-0.3, -0.25) is 19.4 Å². The average molecular weight is 373 g/mol. The molecule has 0 aliphatic carbocycles. The van der Waals surface area contributed by atoms with E-state index in [4.69, 9.17) is 0 Å². The maximum atomic E-state index is 12.3. The molecule has 2 amide bonds. The summed E-state index contributed by atoms with van der Waals surface area (Å²) in [4.78, 5) is 28.9. The molecule has 27 heavy (non-hydrogen) atoms. The summed E-state index contributed by atoms with van der Waals surface area (Å²) in [6, 6.07) is 8.69. The van der Waals surface area contributed by atoms with Crippen molar-refractivity contribution in [2.75, 3.05) is 31.5 Å². The van der Waals surface area contributed by atoms with E-state index in [-0.39, 0.29) is 11.8 Å². The lowest BCUT2D eigenvalue weighted by atomic mass is 10.2. The van der Waals surface area contributed by atoms with Gasteiger partial charge in [0.1, 0.15) is 0 Å². The molecule has 2 heterocycles. The summed E-state index contributed by atoms with van der Waals surface area (Å²) in [6.45, 7) is 7.74. The fourth-order valence-electron chi connectivity index (χ4n) is 4.04. The molecule has 0 spiro atoms. The second-order valence-electron chi connectivity index (χ2n) is 7.95. The molecule has 0 aromatic heterocycles. The highest BCUT2D eigenvalue weighted by atomic mass is 16.2. The van der Waals surface area contributed by atoms with Gasteiger partial charge in [0.15, 0.2) is 0 Å². The van der Waals surface area contributed by atoms with Gasteiger partial charge in [0.2, 0.25) is 11.8 Å². The first-order valence-electron chi connectivity index (χ1n) is 10.1. The zero-order valence-corrected chi connectivity index (χ0v) is 16.5. The highest BCUT2D eigenvalue weighted by Gasteiger charge is 2.23. The molecule has 1 aromatic rings. The van der Waals surface area contributed by atoms with Gasteiger partial charge in [-0.2, -0.15) is 0 Å². The van der Waals surface area contributed by atoms with Crippen molar-refractivity contribution >= 4 is 17.5 Å². The van der Waals surface area contributed by atoms with Crippen molar-refractivity contribution in [2.45, 2.75) is 58.2 Å². The second-order valence-corrected chi connectivity index (χ2v) is 7.95. The van der Waals surface area contributed by atoms with Crippen LogP contribution in [0.1, 0.15) is 45.1 Å². The van der Waals surface area contributed by atoms with E-state index < -0.39 is 0 Å². The Morgan fingerprint density at radius 1 is 1.00 bits per heavy atom. The van der Waals surface area contributed by atoms with E-state index in [9.17, 15) is 9.59 Å². The molecule has 2 unspecified atom stereocenters. The van der Waals surface area contributed by atoms with E-state index in [0.29, 0.717) is 31.7 Å². The molecule has 2 aliphatic rings. The van der Waals surface area contributed by atoms with E-state index in [1.165, 1.54) is 25.7 Å². The summed E-state index contributed by atoms with van der Waals surface area (Å²) in [5, 5.41) is 5.97. The van der Waals surface area contributed by atoms with Crippen LogP contribution in [0, 0.1) is 0 Å². The first-order chi connectivity index (χ1) is 13.0. The Kier molecular flexibility index (Phi) is 6.85. The van der Waals surface area contributed by atoms with Crippen molar-refractivity contribution in [1.29, 1.82) is 0 Å². The minimum atomic E-state index is 0.0213. The monoisotopic (exact) mass is 372 g/mol. The van der Waals surface area contributed by atoms with Crippen LogP contribution >= 0.6 is 0 Å². The van der Waals surface area contributed by atoms with Crippen molar-refractivity contribution in [3.63, 3.8) is 0 Å². The lowest BCUT2D eigenvalue weighted by Crippen LogP contribution is -2.38. The van der Waals surface area contributed by atoms with Gasteiger partial charge in [-0.15, -0.1) is 0 Å². The van der Waals surface area contributed by atoms with E-state index in [1.807, 2.05) is 24.3 Å². The molecule has 2 N–H and O–H groups in total. The molecular formula is C21H32N4O2. The van der Waals surface area contributed by atoms with Gasteiger partial charge >= 0.3 is 0 Å². The topological polar surface area (TPSA) is 64.7 Å². The molecule has 2 saturated heterocycles. The maximum Gasteiger partial charge on any atom is 0.238 e. The zero-order valence-electron chi connectivity index (χ0n) is 16.5. The number of hydrogen-bond acceptors (Lipinski definition) is 4. The molecule has 148 valence electrons. The van der Waals surface area contributed by atoms with Crippen LogP contribution in [0.2, 0.25) is 0 Å². The van der Waals surface area contributed by atoms with Crippen molar-refractivity contribution in [3.05, 3.63) is 29.8 Å². The lowest BCUT2D eigenvalue weighted by molar-refractivity contribution is -0.122. The third-order valence-electron chi connectivity index (χ3n) is 5.77. The minimum Gasteiger partial charge on any atom is -0.351 e. The normalized spacial score (nSPS) is 23.5. The molecule has 2 aliphatic heterocycles. The summed E-state index contributed by atoms with van der Waals surface area (Å²) >= 11 is 0. The number of nitrogens with one attached hydrogen (secondary N) is 2. The predicted octanol–water partition coefficient (Wildman–Crippen LogP) is 2.21. The Morgan fingerprint density at radius 3 is 2.22 bits per heavy atom. The van der Waals surface area contributed by atoms with Crippen molar-refractivity contribution in [2.24, 2.45) is 0 Å². The summed E-state index contributed by atoms with van der Waals surface area (Å²) in [7, 11) is 0. The quantitative estimate of drug-likeness (QED) is 0.770. The van der Waals surface area contributed by atoms with E-state index in [0.717, 1.165) is 24.3 Å². The van der Waals surface area contributed by atoms with Gasteiger partial charge in [-0.1, -0.05) is 12.1 Å². The van der Waals surface area contributed by atoms with Crippen LogP contribution < -0.4 is 10.6 Å². The number of likely N-dealkylation sites (tertiary alicyclic amines) is 2. The number of nitrogens with zero attached hydrogens (tertiary/aromatic N) is 2. The van der Waals surface area contributed by atoms with E-state index in [2.05, 4.69) is 34.3 Å². The van der Waals surface area contributed by atoms with Crippen LogP contribution in [0.5, 0.6) is 0 Å². The number of rotatable bonds is 7.